The molecule has 4 nitrogen and oxygen atoms in total. The van der Waals surface area contributed by atoms with E-state index in [1.807, 2.05) is 48.5 Å². The van der Waals surface area contributed by atoms with Gasteiger partial charge >= 0.3 is 0 Å². The molecule has 1 saturated carbocycles. The Labute approximate surface area is 140 Å². The van der Waals surface area contributed by atoms with Crippen molar-refractivity contribution < 1.29 is 9.53 Å². The van der Waals surface area contributed by atoms with Gasteiger partial charge in [-0.05, 0) is 61.2 Å². The van der Waals surface area contributed by atoms with Gasteiger partial charge in [-0.15, -0.1) is 0 Å². The summed E-state index contributed by atoms with van der Waals surface area (Å²) in [5.74, 6) is 1.14. The Morgan fingerprint density at radius 3 is 2.39 bits per heavy atom. The highest BCUT2D eigenvalue weighted by atomic mass is 32.2. The Morgan fingerprint density at radius 1 is 1.09 bits per heavy atom. The summed E-state index contributed by atoms with van der Waals surface area (Å²) < 4.78 is 8.46. The normalized spacial score (nSPS) is 14.0. The van der Waals surface area contributed by atoms with Crippen LogP contribution < -0.4 is 14.8 Å². The number of methoxy groups -OCH3 is 1. The van der Waals surface area contributed by atoms with Crippen LogP contribution in [0, 0.1) is 5.92 Å². The lowest BCUT2D eigenvalue weighted by Gasteiger charge is -2.24. The maximum absolute atomic E-state index is 12.1. The SMILES string of the molecule is COc1ccc(SNc2ccccc2NC(=O)C2CCC2)cc1. The van der Waals surface area contributed by atoms with Gasteiger partial charge in [0.15, 0.2) is 0 Å². The Hall–Kier alpha value is -2.14. The lowest BCUT2D eigenvalue weighted by atomic mass is 9.85. The number of nitrogens with one attached hydrogen (secondary N) is 2. The van der Waals surface area contributed by atoms with Crippen LogP contribution in [0.5, 0.6) is 5.75 Å². The predicted molar refractivity (Wildman–Crippen MR) is 94.9 cm³/mol. The van der Waals surface area contributed by atoms with Gasteiger partial charge in [0.1, 0.15) is 5.75 Å². The van der Waals surface area contributed by atoms with E-state index >= 15 is 0 Å². The van der Waals surface area contributed by atoms with Crippen LogP contribution in [0.4, 0.5) is 11.4 Å². The zero-order chi connectivity index (χ0) is 16.1. The number of carbonyl (C=O) groups is 1. The van der Waals surface area contributed by atoms with Crippen molar-refractivity contribution in [3.8, 4) is 5.75 Å². The molecule has 2 aromatic rings. The average Bonchev–Trinajstić information content (AvgIpc) is 2.53. The van der Waals surface area contributed by atoms with E-state index in [1.54, 1.807) is 7.11 Å². The Balaban J connectivity index is 1.63. The van der Waals surface area contributed by atoms with E-state index in [2.05, 4.69) is 10.0 Å². The molecule has 0 unspecified atom stereocenters. The molecule has 2 aromatic carbocycles. The van der Waals surface area contributed by atoms with E-state index in [0.29, 0.717) is 0 Å². The van der Waals surface area contributed by atoms with E-state index in [-0.39, 0.29) is 11.8 Å². The number of benzene rings is 2. The van der Waals surface area contributed by atoms with Gasteiger partial charge < -0.3 is 14.8 Å². The summed E-state index contributed by atoms with van der Waals surface area (Å²) in [7, 11) is 1.65. The predicted octanol–water partition coefficient (Wildman–Crippen LogP) is 4.55. The number of rotatable bonds is 6. The van der Waals surface area contributed by atoms with Crippen molar-refractivity contribution in [2.75, 3.05) is 17.1 Å². The maximum atomic E-state index is 12.1. The minimum Gasteiger partial charge on any atom is -0.497 e. The molecule has 23 heavy (non-hydrogen) atoms. The number of ether oxygens (including phenoxy) is 1. The summed E-state index contributed by atoms with van der Waals surface area (Å²) in [5, 5.41) is 3.03. The van der Waals surface area contributed by atoms with Gasteiger partial charge in [0.05, 0.1) is 18.5 Å². The second-order valence-electron chi connectivity index (χ2n) is 5.54. The van der Waals surface area contributed by atoms with Crippen molar-refractivity contribution in [3.63, 3.8) is 0 Å². The molecule has 1 fully saturated rings. The van der Waals surface area contributed by atoms with E-state index in [0.717, 1.165) is 41.3 Å². The fourth-order valence-corrected chi connectivity index (χ4v) is 3.02. The van der Waals surface area contributed by atoms with Crippen LogP contribution in [0.15, 0.2) is 53.4 Å². The first-order valence-electron chi connectivity index (χ1n) is 7.73. The summed E-state index contributed by atoms with van der Waals surface area (Å²) in [4.78, 5) is 13.2. The number of hydrogen-bond donors (Lipinski definition) is 2. The van der Waals surface area contributed by atoms with Crippen molar-refractivity contribution in [1.82, 2.24) is 0 Å². The van der Waals surface area contributed by atoms with Crippen molar-refractivity contribution >= 4 is 29.2 Å². The van der Waals surface area contributed by atoms with Gasteiger partial charge in [0.25, 0.3) is 0 Å². The van der Waals surface area contributed by atoms with Gasteiger partial charge in [0, 0.05) is 10.8 Å². The first-order chi connectivity index (χ1) is 11.3. The highest BCUT2D eigenvalue weighted by Crippen LogP contribution is 2.31. The largest absolute Gasteiger partial charge is 0.497 e. The van der Waals surface area contributed by atoms with Crippen LogP contribution in [-0.4, -0.2) is 13.0 Å². The minimum absolute atomic E-state index is 0.125. The Kier molecular flexibility index (Phi) is 5.08. The van der Waals surface area contributed by atoms with Gasteiger partial charge in [-0.1, -0.05) is 18.6 Å². The maximum Gasteiger partial charge on any atom is 0.227 e. The first kappa shape index (κ1) is 15.7. The summed E-state index contributed by atoms with van der Waals surface area (Å²) in [6.07, 6.45) is 3.16. The Bertz CT molecular complexity index is 669. The lowest BCUT2D eigenvalue weighted by Crippen LogP contribution is -2.28. The molecule has 1 aliphatic carbocycles. The van der Waals surface area contributed by atoms with E-state index in [9.17, 15) is 4.79 Å². The van der Waals surface area contributed by atoms with E-state index < -0.39 is 0 Å². The number of carbonyl (C=O) groups excluding carboxylic acids is 1. The monoisotopic (exact) mass is 328 g/mol. The molecule has 0 radical (unpaired) electrons. The topological polar surface area (TPSA) is 50.4 Å². The molecule has 5 heteroatoms. The molecule has 120 valence electrons. The summed E-state index contributed by atoms with van der Waals surface area (Å²) >= 11 is 1.51. The molecule has 0 atom stereocenters. The molecule has 0 bridgehead atoms. The van der Waals surface area contributed by atoms with Crippen LogP contribution in [0.3, 0.4) is 0 Å². The second kappa shape index (κ2) is 7.42. The molecule has 2 N–H and O–H groups in total. The molecular formula is C18H20N2O2S. The Morgan fingerprint density at radius 2 is 1.78 bits per heavy atom. The van der Waals surface area contributed by atoms with Crippen molar-refractivity contribution in [1.29, 1.82) is 0 Å². The average molecular weight is 328 g/mol. The summed E-state index contributed by atoms with van der Waals surface area (Å²) in [6.45, 7) is 0. The standard InChI is InChI=1S/C18H20N2O2S/c1-22-14-9-11-15(12-10-14)23-20-17-8-3-2-7-16(17)19-18(21)13-5-4-6-13/h2-3,7-13,20H,4-6H2,1H3,(H,19,21). The smallest absolute Gasteiger partial charge is 0.227 e. The van der Waals surface area contributed by atoms with Gasteiger partial charge in [-0.2, -0.15) is 0 Å². The van der Waals surface area contributed by atoms with Gasteiger partial charge in [-0.3, -0.25) is 4.79 Å². The van der Waals surface area contributed by atoms with E-state index in [4.69, 9.17) is 4.74 Å². The molecule has 1 amide bonds. The third kappa shape index (κ3) is 3.99. The first-order valence-corrected chi connectivity index (χ1v) is 8.55. The van der Waals surface area contributed by atoms with Crippen LogP contribution in [0.2, 0.25) is 0 Å². The summed E-state index contributed by atoms with van der Waals surface area (Å²) in [5.41, 5.74) is 1.73. The fourth-order valence-electron chi connectivity index (χ4n) is 2.34. The quantitative estimate of drug-likeness (QED) is 0.764. The zero-order valence-corrected chi connectivity index (χ0v) is 13.9. The molecule has 0 aromatic heterocycles. The lowest BCUT2D eigenvalue weighted by molar-refractivity contribution is -0.122. The number of anilines is 2. The number of hydrogen-bond acceptors (Lipinski definition) is 4. The molecule has 3 rings (SSSR count). The molecule has 0 spiro atoms. The molecule has 0 heterocycles. The second-order valence-corrected chi connectivity index (χ2v) is 6.42. The number of para-hydroxylation sites is 2. The number of amides is 1. The van der Waals surface area contributed by atoms with Crippen molar-refractivity contribution in [2.45, 2.75) is 24.2 Å². The third-order valence-electron chi connectivity index (χ3n) is 4.00. The third-order valence-corrected chi connectivity index (χ3v) is 4.83. The van der Waals surface area contributed by atoms with Gasteiger partial charge in [0.2, 0.25) is 5.91 Å². The van der Waals surface area contributed by atoms with E-state index in [1.165, 1.54) is 11.9 Å². The zero-order valence-electron chi connectivity index (χ0n) is 13.0. The molecular weight excluding hydrogens is 308 g/mol. The fraction of sp³-hybridized carbons (Fsp3) is 0.278. The van der Waals surface area contributed by atoms with Crippen LogP contribution >= 0.6 is 11.9 Å². The van der Waals surface area contributed by atoms with Gasteiger partial charge in [-0.25, -0.2) is 0 Å². The minimum atomic E-state index is 0.125. The van der Waals surface area contributed by atoms with Crippen LogP contribution in [-0.2, 0) is 4.79 Å². The molecule has 0 saturated heterocycles. The van der Waals surface area contributed by atoms with Crippen LogP contribution in [0.1, 0.15) is 19.3 Å². The molecule has 1 aliphatic rings. The molecule has 0 aliphatic heterocycles. The van der Waals surface area contributed by atoms with Crippen molar-refractivity contribution in [2.24, 2.45) is 5.92 Å². The van der Waals surface area contributed by atoms with Crippen molar-refractivity contribution in [3.05, 3.63) is 48.5 Å². The highest BCUT2D eigenvalue weighted by Gasteiger charge is 2.25. The summed E-state index contributed by atoms with van der Waals surface area (Å²) in [6, 6.07) is 15.6. The van der Waals surface area contributed by atoms with Crippen LogP contribution in [0.25, 0.3) is 0 Å². The highest BCUT2D eigenvalue weighted by molar-refractivity contribution is 8.00.